The maximum atomic E-state index is 13.9. The maximum absolute atomic E-state index is 13.9. The molecule has 7 aromatic rings. The van der Waals surface area contributed by atoms with Crippen molar-refractivity contribution in [1.29, 1.82) is 0 Å². The van der Waals surface area contributed by atoms with Crippen LogP contribution in [0.5, 0.6) is 0 Å². The number of fused-ring (bicyclic) bond motifs is 5. The fraction of sp³-hybridized carbons (Fsp3) is 0. The number of amides is 2. The number of imide groups is 1. The van der Waals surface area contributed by atoms with Crippen molar-refractivity contribution < 1.29 is 19.4 Å². The molecule has 0 bridgehead atoms. The van der Waals surface area contributed by atoms with Crippen LogP contribution in [0.15, 0.2) is 71.5 Å². The average Bonchev–Trinajstić information content (AvgIpc) is 3.37. The second-order valence-corrected chi connectivity index (χ2v) is 9.62. The van der Waals surface area contributed by atoms with E-state index in [0.717, 1.165) is 14.7 Å². The number of carbonyl (C=O) groups excluding carboxylic acids is 2. The molecule has 14 heteroatoms. The summed E-state index contributed by atoms with van der Waals surface area (Å²) in [5.74, 6) is -3.40. The molecule has 0 unspecified atom stereocenters. The van der Waals surface area contributed by atoms with Crippen molar-refractivity contribution in [2.75, 3.05) is 4.90 Å². The number of benzene rings is 4. The van der Waals surface area contributed by atoms with Gasteiger partial charge in [-0.15, -0.1) is 0 Å². The predicted molar refractivity (Wildman–Crippen MR) is 149 cm³/mol. The Hall–Kier alpha value is -6.44. The van der Waals surface area contributed by atoms with Crippen LogP contribution in [0.1, 0.15) is 20.7 Å². The smallest absolute Gasteiger partial charge is 0.358 e. The molecule has 42 heavy (non-hydrogen) atoms. The molecule has 4 aromatic carbocycles. The molecule has 1 aliphatic heterocycles. The Morgan fingerprint density at radius 3 is 1.98 bits per heavy atom. The van der Waals surface area contributed by atoms with Gasteiger partial charge in [0, 0.05) is 38.1 Å². The quantitative estimate of drug-likeness (QED) is 0.174. The van der Waals surface area contributed by atoms with E-state index in [1.54, 1.807) is 18.2 Å². The average molecular weight is 557 g/mol. The molecule has 0 atom stereocenters. The second kappa shape index (κ2) is 7.82. The summed E-state index contributed by atoms with van der Waals surface area (Å²) in [5, 5.41) is 25.4. The van der Waals surface area contributed by atoms with Gasteiger partial charge in [-0.05, 0) is 55.5 Å². The Bertz CT molecular complexity index is 2480. The van der Waals surface area contributed by atoms with Gasteiger partial charge >= 0.3 is 22.9 Å². The molecule has 2 amide bonds. The van der Waals surface area contributed by atoms with Crippen molar-refractivity contribution in [3.63, 3.8) is 0 Å². The summed E-state index contributed by atoms with van der Waals surface area (Å²) in [5.41, 5.74) is -0.603. The van der Waals surface area contributed by atoms with Crippen LogP contribution >= 0.6 is 0 Å². The van der Waals surface area contributed by atoms with Gasteiger partial charge in [-0.25, -0.2) is 9.30 Å². The monoisotopic (exact) mass is 557 g/mol. The first kappa shape index (κ1) is 23.4. The lowest BCUT2D eigenvalue weighted by molar-refractivity contribution is -0.428. The van der Waals surface area contributed by atoms with Crippen LogP contribution in [0.2, 0.25) is 0 Å². The highest BCUT2D eigenvalue weighted by Gasteiger charge is 2.38. The van der Waals surface area contributed by atoms with Gasteiger partial charge in [-0.1, -0.05) is 36.4 Å². The topological polar surface area (TPSA) is 184 Å². The summed E-state index contributed by atoms with van der Waals surface area (Å²) in [6.07, 6.45) is 0. The van der Waals surface area contributed by atoms with Crippen LogP contribution in [0.4, 0.5) is 17.3 Å². The van der Waals surface area contributed by atoms with Gasteiger partial charge in [0.05, 0.1) is 5.69 Å². The first-order valence-electron chi connectivity index (χ1n) is 12.4. The number of nitrogens with zero attached hydrogens (tertiary/aromatic N) is 7. The minimum atomic E-state index is -1.14. The van der Waals surface area contributed by atoms with Crippen molar-refractivity contribution in [2.45, 2.75) is 0 Å². The van der Waals surface area contributed by atoms with E-state index in [1.807, 2.05) is 30.3 Å². The van der Waals surface area contributed by atoms with Gasteiger partial charge in [0.2, 0.25) is 0 Å². The molecule has 0 saturated carbocycles. The molecule has 0 radical (unpaired) electrons. The molecule has 8 rings (SSSR count). The summed E-state index contributed by atoms with van der Waals surface area (Å²) in [6, 6.07) is 18.6. The van der Waals surface area contributed by atoms with Crippen molar-refractivity contribution in [2.24, 2.45) is 0 Å². The van der Waals surface area contributed by atoms with E-state index in [4.69, 9.17) is 0 Å². The SMILES string of the molecule is O=C1c2ccc3c(=O)n4c5nc([N+](=O)[O-])c([N+](=O)[O-])nc5nc4c4ccc(c2c34)C(=O)N1c1cccc2ccccc12. The van der Waals surface area contributed by atoms with Crippen LogP contribution in [0, 0.1) is 20.2 Å². The van der Waals surface area contributed by atoms with E-state index in [2.05, 4.69) is 15.0 Å². The number of hydrogen-bond donors (Lipinski definition) is 0. The zero-order chi connectivity index (χ0) is 29.0. The first-order chi connectivity index (χ1) is 20.3. The molecular formula is C28H11N7O7. The number of rotatable bonds is 3. The van der Waals surface area contributed by atoms with E-state index in [-0.39, 0.29) is 38.8 Å². The highest BCUT2D eigenvalue weighted by molar-refractivity contribution is 6.39. The minimum Gasteiger partial charge on any atom is -0.358 e. The third-order valence-corrected chi connectivity index (χ3v) is 7.51. The number of imidazole rings is 1. The number of nitro groups is 2. The van der Waals surface area contributed by atoms with Gasteiger partial charge in [0.15, 0.2) is 5.65 Å². The molecule has 0 spiro atoms. The Morgan fingerprint density at radius 1 is 0.619 bits per heavy atom. The Kier molecular flexibility index (Phi) is 4.36. The lowest BCUT2D eigenvalue weighted by atomic mass is 9.89. The molecule has 1 aliphatic rings. The minimum absolute atomic E-state index is 0.0302. The predicted octanol–water partition coefficient (Wildman–Crippen LogP) is 4.15. The van der Waals surface area contributed by atoms with E-state index in [9.17, 15) is 34.6 Å². The molecule has 0 aliphatic carbocycles. The van der Waals surface area contributed by atoms with Crippen LogP contribution in [-0.4, -0.2) is 41.0 Å². The summed E-state index contributed by atoms with van der Waals surface area (Å²) in [4.78, 5) is 75.3. The summed E-state index contributed by atoms with van der Waals surface area (Å²) in [6.45, 7) is 0. The van der Waals surface area contributed by atoms with Crippen LogP contribution in [-0.2, 0) is 0 Å². The zero-order valence-electron chi connectivity index (χ0n) is 20.8. The van der Waals surface area contributed by atoms with Crippen molar-refractivity contribution >= 4 is 78.4 Å². The van der Waals surface area contributed by atoms with E-state index < -0.39 is 38.9 Å². The molecule has 3 aromatic heterocycles. The molecule has 14 nitrogen and oxygen atoms in total. The second-order valence-electron chi connectivity index (χ2n) is 9.62. The molecule has 0 saturated heterocycles. The molecule has 200 valence electrons. The summed E-state index contributed by atoms with van der Waals surface area (Å²) in [7, 11) is 0. The fourth-order valence-corrected chi connectivity index (χ4v) is 5.79. The largest absolute Gasteiger partial charge is 0.465 e. The van der Waals surface area contributed by atoms with E-state index in [1.165, 1.54) is 18.2 Å². The Balaban J connectivity index is 1.45. The molecule has 0 N–H and O–H groups in total. The third kappa shape index (κ3) is 2.81. The lowest BCUT2D eigenvalue weighted by Crippen LogP contribution is -2.40. The van der Waals surface area contributed by atoms with Gasteiger partial charge < -0.3 is 20.2 Å². The normalized spacial score (nSPS) is 13.3. The highest BCUT2D eigenvalue weighted by Crippen LogP contribution is 2.40. The first-order valence-corrected chi connectivity index (χ1v) is 12.4. The Labute approximate surface area is 230 Å². The zero-order valence-corrected chi connectivity index (χ0v) is 20.8. The van der Waals surface area contributed by atoms with Crippen molar-refractivity contribution in [3.05, 3.63) is 108 Å². The fourth-order valence-electron chi connectivity index (χ4n) is 5.79. The lowest BCUT2D eigenvalue weighted by Gasteiger charge is -2.28. The van der Waals surface area contributed by atoms with Gasteiger partial charge in [0.25, 0.3) is 17.4 Å². The van der Waals surface area contributed by atoms with Crippen molar-refractivity contribution in [1.82, 2.24) is 19.4 Å². The standard InChI is InChI=1S/C28H11N7O7/c36-26-16-9-8-14-19-15(28(38)33-22(14)29-21-23(33)31-25(35(41)42)24(30-21)34(39)40)10-11-17(20(16)19)27(37)32(26)18-7-3-5-12-4-1-2-6-13(12)18/h1-11H. The van der Waals surface area contributed by atoms with Crippen LogP contribution in [0.25, 0.3) is 49.3 Å². The molecule has 4 heterocycles. The summed E-state index contributed by atoms with van der Waals surface area (Å²) < 4.78 is 0.993. The molecule has 0 fully saturated rings. The van der Waals surface area contributed by atoms with Crippen molar-refractivity contribution in [3.8, 4) is 0 Å². The number of hydrogen-bond acceptors (Lipinski definition) is 10. The van der Waals surface area contributed by atoms with Gasteiger partial charge in [-0.3, -0.25) is 14.4 Å². The van der Waals surface area contributed by atoms with E-state index in [0.29, 0.717) is 21.8 Å². The summed E-state index contributed by atoms with van der Waals surface area (Å²) >= 11 is 0. The number of carbonyl (C=O) groups is 2. The van der Waals surface area contributed by atoms with Crippen LogP contribution < -0.4 is 10.5 Å². The van der Waals surface area contributed by atoms with Crippen LogP contribution in [0.3, 0.4) is 0 Å². The Morgan fingerprint density at radius 2 is 1.26 bits per heavy atom. The van der Waals surface area contributed by atoms with Gasteiger partial charge in [-0.2, -0.15) is 4.98 Å². The van der Waals surface area contributed by atoms with E-state index >= 15 is 0 Å². The maximum Gasteiger partial charge on any atom is 0.465 e. The number of anilines is 1. The third-order valence-electron chi connectivity index (χ3n) is 7.51. The molecular weight excluding hydrogens is 546 g/mol. The van der Waals surface area contributed by atoms with Gasteiger partial charge in [0.1, 0.15) is 0 Å². The number of aromatic nitrogens is 4. The number of pyridine rings is 1. The highest BCUT2D eigenvalue weighted by atomic mass is 16.6.